The lowest BCUT2D eigenvalue weighted by Gasteiger charge is -2.08. The molecule has 0 fully saturated rings. The molecule has 1 heterocycles. The average Bonchev–Trinajstić information content (AvgIpc) is 2.91. The van der Waals surface area contributed by atoms with Gasteiger partial charge in [0.25, 0.3) is 0 Å². The Morgan fingerprint density at radius 2 is 1.91 bits per heavy atom. The van der Waals surface area contributed by atoms with E-state index in [1.807, 2.05) is 18.2 Å². The molecule has 2 aromatic carbocycles. The van der Waals surface area contributed by atoms with Gasteiger partial charge in [-0.05, 0) is 55.8 Å². The third kappa shape index (κ3) is 3.02. The molecule has 0 saturated heterocycles. The van der Waals surface area contributed by atoms with Crippen LogP contribution in [-0.2, 0) is 6.54 Å². The van der Waals surface area contributed by atoms with Crippen molar-refractivity contribution in [1.82, 2.24) is 9.55 Å². The van der Waals surface area contributed by atoms with Gasteiger partial charge in [-0.2, -0.15) is 0 Å². The molecule has 0 aliphatic carbocycles. The minimum atomic E-state index is -0.260. The Kier molecular flexibility index (Phi) is 4.24. The molecule has 1 aromatic heterocycles. The van der Waals surface area contributed by atoms with Gasteiger partial charge in [0.05, 0.1) is 11.0 Å². The van der Waals surface area contributed by atoms with Gasteiger partial charge in [-0.1, -0.05) is 13.3 Å². The van der Waals surface area contributed by atoms with Crippen LogP contribution >= 0.6 is 0 Å². The Hall–Kier alpha value is -2.49. The smallest absolute Gasteiger partial charge is 0.159 e. The van der Waals surface area contributed by atoms with Gasteiger partial charge in [0.1, 0.15) is 11.6 Å². The third-order valence-electron chi connectivity index (χ3n) is 3.99. The molecule has 0 spiro atoms. The van der Waals surface area contributed by atoms with E-state index in [0.717, 1.165) is 41.8 Å². The van der Waals surface area contributed by atoms with Gasteiger partial charge in [0.15, 0.2) is 5.78 Å². The normalized spacial score (nSPS) is 11.1. The molecule has 0 aliphatic rings. The lowest BCUT2D eigenvalue weighted by Crippen LogP contribution is -2.00. The number of nitrogens with zero attached hydrogens (tertiary/aromatic N) is 2. The van der Waals surface area contributed by atoms with Crippen LogP contribution in [0.25, 0.3) is 22.4 Å². The average molecular weight is 310 g/mol. The summed E-state index contributed by atoms with van der Waals surface area (Å²) in [5, 5.41) is 0. The highest BCUT2D eigenvalue weighted by atomic mass is 19.1. The topological polar surface area (TPSA) is 34.9 Å². The zero-order valence-electron chi connectivity index (χ0n) is 13.3. The Morgan fingerprint density at radius 1 is 1.17 bits per heavy atom. The Labute approximate surface area is 134 Å². The van der Waals surface area contributed by atoms with E-state index in [9.17, 15) is 9.18 Å². The second kappa shape index (κ2) is 6.32. The summed E-state index contributed by atoms with van der Waals surface area (Å²) in [6, 6.07) is 12.0. The first-order valence-electron chi connectivity index (χ1n) is 7.87. The molecule has 0 N–H and O–H groups in total. The van der Waals surface area contributed by atoms with Gasteiger partial charge in [-0.25, -0.2) is 9.37 Å². The van der Waals surface area contributed by atoms with Crippen molar-refractivity contribution in [3.63, 3.8) is 0 Å². The predicted octanol–water partition coefficient (Wildman–Crippen LogP) is 4.85. The molecule has 0 unspecified atom stereocenters. The van der Waals surface area contributed by atoms with Crippen LogP contribution in [0.3, 0.4) is 0 Å². The number of carbonyl (C=O) groups excluding carboxylic acids is 1. The number of benzene rings is 2. The van der Waals surface area contributed by atoms with Crippen molar-refractivity contribution in [2.24, 2.45) is 0 Å². The molecule has 0 aliphatic heterocycles. The first-order valence-corrected chi connectivity index (χ1v) is 7.87. The van der Waals surface area contributed by atoms with E-state index in [4.69, 9.17) is 4.98 Å². The van der Waals surface area contributed by atoms with Gasteiger partial charge in [0, 0.05) is 17.7 Å². The van der Waals surface area contributed by atoms with E-state index >= 15 is 0 Å². The standard InChI is InChI=1S/C19H19FN2O/c1-3-4-11-22-18-10-7-15(13(2)23)12-17(18)21-19(22)14-5-8-16(20)9-6-14/h5-10,12H,3-4,11H2,1-2H3. The third-order valence-corrected chi connectivity index (χ3v) is 3.99. The zero-order chi connectivity index (χ0) is 16.4. The number of fused-ring (bicyclic) bond motifs is 1. The molecular weight excluding hydrogens is 291 g/mol. The van der Waals surface area contributed by atoms with E-state index in [0.29, 0.717) is 5.56 Å². The van der Waals surface area contributed by atoms with Gasteiger partial charge in [-0.15, -0.1) is 0 Å². The molecule has 23 heavy (non-hydrogen) atoms. The highest BCUT2D eigenvalue weighted by Gasteiger charge is 2.13. The van der Waals surface area contributed by atoms with Crippen molar-refractivity contribution in [1.29, 1.82) is 0 Å². The van der Waals surface area contributed by atoms with Crippen LogP contribution < -0.4 is 0 Å². The van der Waals surface area contributed by atoms with Crippen LogP contribution in [0.2, 0.25) is 0 Å². The van der Waals surface area contributed by atoms with E-state index in [2.05, 4.69) is 11.5 Å². The lowest BCUT2D eigenvalue weighted by atomic mass is 10.1. The summed E-state index contributed by atoms with van der Waals surface area (Å²) < 4.78 is 15.3. The Morgan fingerprint density at radius 3 is 2.57 bits per heavy atom. The fourth-order valence-electron chi connectivity index (χ4n) is 2.71. The van der Waals surface area contributed by atoms with Crippen LogP contribution in [0.5, 0.6) is 0 Å². The number of unbranched alkanes of at least 4 members (excludes halogenated alkanes) is 1. The second-order valence-electron chi connectivity index (χ2n) is 5.71. The summed E-state index contributed by atoms with van der Waals surface area (Å²) in [5.74, 6) is 0.580. The largest absolute Gasteiger partial charge is 0.324 e. The van der Waals surface area contributed by atoms with Crippen LogP contribution in [0, 0.1) is 5.82 Å². The van der Waals surface area contributed by atoms with Crippen LogP contribution in [0.1, 0.15) is 37.0 Å². The number of aryl methyl sites for hydroxylation is 1. The maximum Gasteiger partial charge on any atom is 0.159 e. The summed E-state index contributed by atoms with van der Waals surface area (Å²) in [4.78, 5) is 16.3. The monoisotopic (exact) mass is 310 g/mol. The van der Waals surface area contributed by atoms with Crippen LogP contribution in [0.4, 0.5) is 4.39 Å². The molecule has 118 valence electrons. The van der Waals surface area contributed by atoms with Gasteiger partial charge in [-0.3, -0.25) is 4.79 Å². The number of rotatable bonds is 5. The first-order chi connectivity index (χ1) is 11.1. The highest BCUT2D eigenvalue weighted by Crippen LogP contribution is 2.26. The number of hydrogen-bond donors (Lipinski definition) is 0. The minimum absolute atomic E-state index is 0.0262. The number of imidazole rings is 1. The SMILES string of the molecule is CCCCn1c(-c2ccc(F)cc2)nc2cc(C(C)=O)ccc21. The Balaban J connectivity index is 2.17. The lowest BCUT2D eigenvalue weighted by molar-refractivity contribution is 0.101. The van der Waals surface area contributed by atoms with Gasteiger partial charge >= 0.3 is 0 Å². The number of ketones is 1. The molecule has 4 heteroatoms. The molecule has 3 rings (SSSR count). The Bertz CT molecular complexity index is 850. The van der Waals surface area contributed by atoms with Crippen molar-refractivity contribution in [2.45, 2.75) is 33.2 Å². The predicted molar refractivity (Wildman–Crippen MR) is 90.0 cm³/mol. The maximum absolute atomic E-state index is 13.2. The summed E-state index contributed by atoms with van der Waals surface area (Å²) >= 11 is 0. The number of halogens is 1. The van der Waals surface area contributed by atoms with E-state index in [1.165, 1.54) is 12.1 Å². The van der Waals surface area contributed by atoms with Crippen molar-refractivity contribution in [3.8, 4) is 11.4 Å². The van der Waals surface area contributed by atoms with E-state index < -0.39 is 0 Å². The molecule has 0 amide bonds. The molecule has 0 atom stereocenters. The molecule has 0 bridgehead atoms. The number of aromatic nitrogens is 2. The fraction of sp³-hybridized carbons (Fsp3) is 0.263. The number of Topliss-reactive ketones (excluding diaryl/α,β-unsaturated/α-hetero) is 1. The zero-order valence-corrected chi connectivity index (χ0v) is 13.3. The highest BCUT2D eigenvalue weighted by molar-refractivity contribution is 5.97. The molecular formula is C19H19FN2O. The van der Waals surface area contributed by atoms with Crippen molar-refractivity contribution in [3.05, 3.63) is 53.8 Å². The van der Waals surface area contributed by atoms with E-state index in [-0.39, 0.29) is 11.6 Å². The summed E-state index contributed by atoms with van der Waals surface area (Å²) in [6.07, 6.45) is 2.11. The van der Waals surface area contributed by atoms with Gasteiger partial charge < -0.3 is 4.57 Å². The maximum atomic E-state index is 13.2. The van der Waals surface area contributed by atoms with Crippen molar-refractivity contribution in [2.75, 3.05) is 0 Å². The van der Waals surface area contributed by atoms with Crippen LogP contribution in [-0.4, -0.2) is 15.3 Å². The number of carbonyl (C=O) groups is 1. The summed E-state index contributed by atoms with van der Waals surface area (Å²) in [6.45, 7) is 4.54. The van der Waals surface area contributed by atoms with E-state index in [1.54, 1.807) is 19.1 Å². The van der Waals surface area contributed by atoms with Crippen molar-refractivity contribution >= 4 is 16.8 Å². The second-order valence-corrected chi connectivity index (χ2v) is 5.71. The molecule has 3 nitrogen and oxygen atoms in total. The minimum Gasteiger partial charge on any atom is -0.324 e. The molecule has 0 saturated carbocycles. The first kappa shape index (κ1) is 15.4. The molecule has 0 radical (unpaired) electrons. The van der Waals surface area contributed by atoms with Crippen LogP contribution in [0.15, 0.2) is 42.5 Å². The summed E-state index contributed by atoms with van der Waals surface area (Å²) in [7, 11) is 0. The summed E-state index contributed by atoms with van der Waals surface area (Å²) in [5.41, 5.74) is 3.34. The number of hydrogen-bond acceptors (Lipinski definition) is 2. The quantitative estimate of drug-likeness (QED) is 0.632. The molecule has 3 aromatic rings. The van der Waals surface area contributed by atoms with Gasteiger partial charge in [0.2, 0.25) is 0 Å². The fourth-order valence-corrected chi connectivity index (χ4v) is 2.71. The van der Waals surface area contributed by atoms with Crippen molar-refractivity contribution < 1.29 is 9.18 Å².